The topological polar surface area (TPSA) is 93.1 Å². The van der Waals surface area contributed by atoms with Gasteiger partial charge >= 0.3 is 0 Å². The van der Waals surface area contributed by atoms with Gasteiger partial charge in [-0.2, -0.15) is 4.72 Å². The molecule has 3 aromatic carbocycles. The lowest BCUT2D eigenvalue weighted by Gasteiger charge is -2.22. The van der Waals surface area contributed by atoms with E-state index < -0.39 is 38.7 Å². The second-order valence-corrected chi connectivity index (χ2v) is 9.33. The Labute approximate surface area is 191 Å². The highest BCUT2D eigenvalue weighted by Gasteiger charge is 2.28. The van der Waals surface area contributed by atoms with Crippen LogP contribution in [0.3, 0.4) is 0 Å². The van der Waals surface area contributed by atoms with Gasteiger partial charge in [0.25, 0.3) is 0 Å². The van der Waals surface area contributed by atoms with E-state index in [2.05, 4.69) is 10.0 Å². The average Bonchev–Trinajstić information content (AvgIpc) is 3.14. The van der Waals surface area contributed by atoms with Crippen molar-refractivity contribution in [3.8, 4) is 0 Å². The number of benzene rings is 3. The van der Waals surface area contributed by atoms with E-state index in [1.165, 1.54) is 19.1 Å². The summed E-state index contributed by atoms with van der Waals surface area (Å²) in [4.78, 5) is 17.2. The Morgan fingerprint density at radius 2 is 1.61 bits per heavy atom. The van der Waals surface area contributed by atoms with Gasteiger partial charge in [-0.1, -0.05) is 54.6 Å². The van der Waals surface area contributed by atoms with Crippen LogP contribution in [0.5, 0.6) is 0 Å². The van der Waals surface area contributed by atoms with Crippen LogP contribution in [0.4, 0.5) is 4.39 Å². The van der Waals surface area contributed by atoms with E-state index in [1.807, 2.05) is 66.2 Å². The van der Waals surface area contributed by atoms with Gasteiger partial charge in [0.2, 0.25) is 15.9 Å². The predicted octanol–water partition coefficient (Wildman–Crippen LogP) is 3.29. The number of hydrogen-bond acceptors (Lipinski definition) is 4. The molecule has 0 fully saturated rings. The highest BCUT2D eigenvalue weighted by atomic mass is 32.2. The third-order valence-corrected chi connectivity index (χ3v) is 6.92. The average molecular weight is 467 g/mol. The molecule has 1 aromatic heterocycles. The zero-order valence-electron chi connectivity index (χ0n) is 18.1. The minimum Gasteiger partial charge on any atom is -0.341 e. The number of nitrogens with zero attached hydrogens (tertiary/aromatic N) is 2. The van der Waals surface area contributed by atoms with Gasteiger partial charge in [0.1, 0.15) is 22.6 Å². The molecule has 1 unspecified atom stereocenters. The van der Waals surface area contributed by atoms with Crippen molar-refractivity contribution in [2.45, 2.75) is 23.9 Å². The number of carbonyl (C=O) groups excluding carboxylic acids is 1. The van der Waals surface area contributed by atoms with Crippen LogP contribution in [0, 0.1) is 5.82 Å². The molecule has 1 amide bonds. The van der Waals surface area contributed by atoms with Gasteiger partial charge in [-0.15, -0.1) is 0 Å². The van der Waals surface area contributed by atoms with Crippen molar-refractivity contribution in [1.29, 1.82) is 0 Å². The van der Waals surface area contributed by atoms with Crippen molar-refractivity contribution in [2.24, 2.45) is 7.05 Å². The van der Waals surface area contributed by atoms with Crippen LogP contribution in [-0.4, -0.2) is 29.9 Å². The van der Waals surface area contributed by atoms with E-state index in [9.17, 15) is 17.6 Å². The molecule has 2 atom stereocenters. The summed E-state index contributed by atoms with van der Waals surface area (Å²) in [6, 6.07) is 20.1. The summed E-state index contributed by atoms with van der Waals surface area (Å²) >= 11 is 0. The molecule has 4 rings (SSSR count). The third-order valence-electron chi connectivity index (χ3n) is 5.35. The fourth-order valence-corrected chi connectivity index (χ4v) is 4.93. The second-order valence-electron chi connectivity index (χ2n) is 7.64. The molecule has 170 valence electrons. The summed E-state index contributed by atoms with van der Waals surface area (Å²) in [5.74, 6) is -0.866. The number of nitrogens with one attached hydrogen (secondary N) is 2. The summed E-state index contributed by atoms with van der Waals surface area (Å²) in [6.45, 7) is 1.41. The first-order valence-electron chi connectivity index (χ1n) is 10.3. The quantitative estimate of drug-likeness (QED) is 0.437. The molecule has 0 aliphatic rings. The van der Waals surface area contributed by atoms with Gasteiger partial charge < -0.3 is 9.88 Å². The van der Waals surface area contributed by atoms with E-state index in [1.54, 1.807) is 0 Å². The molecule has 0 saturated carbocycles. The standard InChI is InChI=1S/C24H23FN4O3S/c1-16(28-33(31,32)21-15-9-6-12-18(21)25)24(30)27-22(17-10-4-3-5-11-17)23-26-19-13-7-8-14-20(19)29(23)2/h3-16,22,28H,1-2H3,(H,27,30)/t16-,22?/m0/s1. The van der Waals surface area contributed by atoms with Crippen LogP contribution in [0.25, 0.3) is 11.0 Å². The van der Waals surface area contributed by atoms with Crippen LogP contribution >= 0.6 is 0 Å². The van der Waals surface area contributed by atoms with Gasteiger partial charge in [-0.05, 0) is 36.8 Å². The summed E-state index contributed by atoms with van der Waals surface area (Å²) in [7, 11) is -2.38. The molecular formula is C24H23FN4O3S. The zero-order chi connectivity index (χ0) is 23.6. The lowest BCUT2D eigenvalue weighted by Crippen LogP contribution is -2.46. The number of aryl methyl sites for hydroxylation is 1. The molecule has 2 N–H and O–H groups in total. The normalized spacial score (nSPS) is 13.5. The van der Waals surface area contributed by atoms with Gasteiger partial charge in [-0.25, -0.2) is 17.8 Å². The minimum atomic E-state index is -4.24. The first kappa shape index (κ1) is 22.6. The maximum absolute atomic E-state index is 14.0. The molecule has 0 saturated heterocycles. The Kier molecular flexibility index (Phi) is 6.26. The van der Waals surface area contributed by atoms with Crippen molar-refractivity contribution in [1.82, 2.24) is 19.6 Å². The van der Waals surface area contributed by atoms with E-state index in [4.69, 9.17) is 4.98 Å². The van der Waals surface area contributed by atoms with Crippen molar-refractivity contribution in [2.75, 3.05) is 0 Å². The number of halogens is 1. The molecule has 33 heavy (non-hydrogen) atoms. The molecule has 0 spiro atoms. The Morgan fingerprint density at radius 1 is 0.970 bits per heavy atom. The first-order valence-corrected chi connectivity index (χ1v) is 11.8. The third kappa shape index (κ3) is 4.64. The number of amides is 1. The smallest absolute Gasteiger partial charge is 0.244 e. The molecule has 0 bridgehead atoms. The number of fused-ring (bicyclic) bond motifs is 1. The Bertz CT molecular complexity index is 1400. The summed E-state index contributed by atoms with van der Waals surface area (Å²) in [5.41, 5.74) is 2.46. The number of hydrogen-bond donors (Lipinski definition) is 2. The van der Waals surface area contributed by atoms with Crippen LogP contribution < -0.4 is 10.0 Å². The van der Waals surface area contributed by atoms with Crippen LogP contribution in [-0.2, 0) is 21.9 Å². The fourth-order valence-electron chi connectivity index (χ4n) is 3.64. The summed E-state index contributed by atoms with van der Waals surface area (Å²) in [5, 5.41) is 2.90. The van der Waals surface area contributed by atoms with Gasteiger partial charge in [0.15, 0.2) is 0 Å². The predicted molar refractivity (Wildman–Crippen MR) is 123 cm³/mol. The first-order chi connectivity index (χ1) is 15.8. The van der Waals surface area contributed by atoms with E-state index in [0.29, 0.717) is 5.82 Å². The Morgan fingerprint density at radius 3 is 2.30 bits per heavy atom. The minimum absolute atomic E-state index is 0.514. The van der Waals surface area contributed by atoms with E-state index >= 15 is 0 Å². The largest absolute Gasteiger partial charge is 0.341 e. The van der Waals surface area contributed by atoms with Crippen molar-refractivity contribution >= 4 is 27.0 Å². The molecule has 4 aromatic rings. The van der Waals surface area contributed by atoms with Gasteiger partial charge in [0, 0.05) is 7.05 Å². The number of rotatable bonds is 7. The molecule has 7 nitrogen and oxygen atoms in total. The lowest BCUT2D eigenvalue weighted by molar-refractivity contribution is -0.122. The Hall–Kier alpha value is -3.56. The molecule has 0 aliphatic heterocycles. The fraction of sp³-hybridized carbons (Fsp3) is 0.167. The molecule has 1 heterocycles. The lowest BCUT2D eigenvalue weighted by atomic mass is 10.1. The van der Waals surface area contributed by atoms with Crippen LogP contribution in [0.15, 0.2) is 83.8 Å². The monoisotopic (exact) mass is 466 g/mol. The number of imidazole rings is 1. The van der Waals surface area contributed by atoms with Gasteiger partial charge in [0.05, 0.1) is 17.1 Å². The number of aromatic nitrogens is 2. The van der Waals surface area contributed by atoms with E-state index in [-0.39, 0.29) is 0 Å². The maximum atomic E-state index is 14.0. The number of sulfonamides is 1. The summed E-state index contributed by atoms with van der Waals surface area (Å²) < 4.78 is 43.4. The SMILES string of the molecule is C[C@H](NS(=O)(=O)c1ccccc1F)C(=O)NC(c1ccccc1)c1nc2ccccc2n1C. The van der Waals surface area contributed by atoms with Crippen molar-refractivity contribution in [3.63, 3.8) is 0 Å². The summed E-state index contributed by atoms with van der Waals surface area (Å²) in [6.07, 6.45) is 0. The highest BCUT2D eigenvalue weighted by molar-refractivity contribution is 7.89. The Balaban J connectivity index is 1.63. The molecule has 9 heteroatoms. The van der Waals surface area contributed by atoms with Gasteiger partial charge in [-0.3, -0.25) is 4.79 Å². The maximum Gasteiger partial charge on any atom is 0.244 e. The van der Waals surface area contributed by atoms with Crippen molar-refractivity contribution < 1.29 is 17.6 Å². The molecular weight excluding hydrogens is 443 g/mol. The van der Waals surface area contributed by atoms with Crippen LogP contribution in [0.1, 0.15) is 24.4 Å². The highest BCUT2D eigenvalue weighted by Crippen LogP contribution is 2.25. The molecule has 0 aliphatic carbocycles. The number of carbonyl (C=O) groups is 1. The van der Waals surface area contributed by atoms with Crippen molar-refractivity contribution in [3.05, 3.63) is 96.1 Å². The van der Waals surface area contributed by atoms with Crippen LogP contribution in [0.2, 0.25) is 0 Å². The number of para-hydroxylation sites is 2. The van der Waals surface area contributed by atoms with E-state index in [0.717, 1.165) is 28.7 Å². The molecule has 0 radical (unpaired) electrons. The second kappa shape index (κ2) is 9.13. The zero-order valence-corrected chi connectivity index (χ0v) is 18.9.